The summed E-state index contributed by atoms with van der Waals surface area (Å²) in [6.45, 7) is 4.45. The first-order chi connectivity index (χ1) is 8.22. The first-order valence-electron chi connectivity index (χ1n) is 6.20. The highest BCUT2D eigenvalue weighted by atomic mass is 16.5. The van der Waals surface area contributed by atoms with E-state index < -0.39 is 0 Å². The quantitative estimate of drug-likeness (QED) is 0.814. The Morgan fingerprint density at radius 1 is 1.41 bits per heavy atom. The predicted molar refractivity (Wildman–Crippen MR) is 66.5 cm³/mol. The number of benzene rings is 1. The summed E-state index contributed by atoms with van der Waals surface area (Å²) in [5, 5.41) is 3.37. The monoisotopic (exact) mass is 233 g/mol. The van der Waals surface area contributed by atoms with E-state index in [1.54, 1.807) is 0 Å². The molecule has 1 heterocycles. The van der Waals surface area contributed by atoms with Crippen LogP contribution in [0.15, 0.2) is 30.3 Å². The molecule has 1 aromatic rings. The molecule has 0 radical (unpaired) electrons. The van der Waals surface area contributed by atoms with E-state index in [9.17, 15) is 4.79 Å². The zero-order chi connectivity index (χ0) is 12.3. The largest absolute Gasteiger partial charge is 0.465 e. The fraction of sp³-hybridized carbons (Fsp3) is 0.500. The van der Waals surface area contributed by atoms with E-state index in [1.165, 1.54) is 5.56 Å². The first-order valence-corrected chi connectivity index (χ1v) is 6.20. The number of carbonyl (C=O) groups excluding carboxylic acids is 1. The van der Waals surface area contributed by atoms with Crippen molar-refractivity contribution >= 4 is 5.97 Å². The van der Waals surface area contributed by atoms with Gasteiger partial charge >= 0.3 is 5.97 Å². The third kappa shape index (κ3) is 2.67. The van der Waals surface area contributed by atoms with E-state index in [-0.39, 0.29) is 18.1 Å². The second-order valence-electron chi connectivity index (χ2n) is 4.57. The number of carbonyl (C=O) groups is 1. The third-order valence-electron chi connectivity index (χ3n) is 3.29. The van der Waals surface area contributed by atoms with Crippen molar-refractivity contribution in [1.82, 2.24) is 5.32 Å². The van der Waals surface area contributed by atoms with E-state index in [2.05, 4.69) is 24.4 Å². The van der Waals surface area contributed by atoms with Crippen LogP contribution in [-0.4, -0.2) is 18.6 Å². The number of esters is 1. The number of hydrogen-bond acceptors (Lipinski definition) is 3. The van der Waals surface area contributed by atoms with Crippen LogP contribution in [0, 0.1) is 5.92 Å². The van der Waals surface area contributed by atoms with Crippen LogP contribution in [0.3, 0.4) is 0 Å². The maximum atomic E-state index is 11.7. The van der Waals surface area contributed by atoms with Crippen molar-refractivity contribution in [1.29, 1.82) is 0 Å². The molecule has 1 saturated heterocycles. The van der Waals surface area contributed by atoms with Crippen molar-refractivity contribution in [3.05, 3.63) is 35.9 Å². The summed E-state index contributed by atoms with van der Waals surface area (Å²) in [5.74, 6) is 0.324. The molecule has 1 aliphatic rings. The van der Waals surface area contributed by atoms with Crippen molar-refractivity contribution in [3.63, 3.8) is 0 Å². The van der Waals surface area contributed by atoms with Gasteiger partial charge in [-0.3, -0.25) is 10.1 Å². The van der Waals surface area contributed by atoms with Crippen LogP contribution in [-0.2, 0) is 9.53 Å². The molecule has 0 aliphatic carbocycles. The van der Waals surface area contributed by atoms with Crippen molar-refractivity contribution < 1.29 is 9.53 Å². The molecule has 0 saturated carbocycles. The number of ether oxygens (including phenoxy) is 1. The van der Waals surface area contributed by atoms with E-state index in [4.69, 9.17) is 4.74 Å². The minimum Gasteiger partial charge on any atom is -0.465 e. The van der Waals surface area contributed by atoms with E-state index in [1.807, 2.05) is 25.1 Å². The zero-order valence-corrected chi connectivity index (χ0v) is 10.3. The predicted octanol–water partition coefficient (Wildman–Crippen LogP) is 2.29. The number of rotatable bonds is 3. The van der Waals surface area contributed by atoms with Crippen molar-refractivity contribution in [3.8, 4) is 0 Å². The molecule has 0 unspecified atom stereocenters. The SMILES string of the molecule is CCOC(=O)[C@H]1C[C@H](C)[C@@H](c2ccccc2)N1. The Bertz CT molecular complexity index is 377. The fourth-order valence-electron chi connectivity index (χ4n) is 2.45. The van der Waals surface area contributed by atoms with Gasteiger partial charge in [-0.1, -0.05) is 37.3 Å². The molecular weight excluding hydrogens is 214 g/mol. The molecule has 0 amide bonds. The van der Waals surface area contributed by atoms with Crippen LogP contribution < -0.4 is 5.32 Å². The summed E-state index contributed by atoms with van der Waals surface area (Å²) in [5.41, 5.74) is 1.24. The normalized spacial score (nSPS) is 28.0. The molecule has 1 aliphatic heterocycles. The summed E-state index contributed by atoms with van der Waals surface area (Å²) >= 11 is 0. The van der Waals surface area contributed by atoms with Gasteiger partial charge in [0, 0.05) is 6.04 Å². The average Bonchev–Trinajstić information content (AvgIpc) is 2.73. The first kappa shape index (κ1) is 12.1. The highest BCUT2D eigenvalue weighted by molar-refractivity contribution is 5.76. The molecule has 3 atom stereocenters. The van der Waals surface area contributed by atoms with Crippen molar-refractivity contribution in [2.24, 2.45) is 5.92 Å². The van der Waals surface area contributed by atoms with Gasteiger partial charge < -0.3 is 4.74 Å². The topological polar surface area (TPSA) is 38.3 Å². The number of hydrogen-bond donors (Lipinski definition) is 1. The maximum absolute atomic E-state index is 11.7. The second-order valence-corrected chi connectivity index (χ2v) is 4.57. The van der Waals surface area contributed by atoms with Gasteiger partial charge in [-0.05, 0) is 24.8 Å². The molecule has 1 fully saturated rings. The Balaban J connectivity index is 2.05. The van der Waals surface area contributed by atoms with Gasteiger partial charge in [0.25, 0.3) is 0 Å². The smallest absolute Gasteiger partial charge is 0.323 e. The molecule has 3 nitrogen and oxygen atoms in total. The highest BCUT2D eigenvalue weighted by Gasteiger charge is 2.36. The summed E-state index contributed by atoms with van der Waals surface area (Å²) in [6, 6.07) is 10.4. The van der Waals surface area contributed by atoms with Crippen LogP contribution in [0.25, 0.3) is 0 Å². The summed E-state index contributed by atoms with van der Waals surface area (Å²) in [7, 11) is 0. The molecule has 1 aromatic carbocycles. The molecule has 0 spiro atoms. The standard InChI is InChI=1S/C14H19NO2/c1-3-17-14(16)12-9-10(2)13(15-12)11-7-5-4-6-8-11/h4-8,10,12-13,15H,3,9H2,1-2H3/t10-,12+,13-/m0/s1. The molecular formula is C14H19NO2. The van der Waals surface area contributed by atoms with Gasteiger partial charge in [0.15, 0.2) is 0 Å². The summed E-state index contributed by atoms with van der Waals surface area (Å²) in [6.07, 6.45) is 0.846. The Hall–Kier alpha value is -1.35. The Morgan fingerprint density at radius 2 is 2.12 bits per heavy atom. The molecule has 0 aromatic heterocycles. The zero-order valence-electron chi connectivity index (χ0n) is 10.3. The van der Waals surface area contributed by atoms with Gasteiger partial charge in [-0.2, -0.15) is 0 Å². The van der Waals surface area contributed by atoms with Crippen LogP contribution in [0.5, 0.6) is 0 Å². The van der Waals surface area contributed by atoms with Gasteiger partial charge in [0.1, 0.15) is 6.04 Å². The Morgan fingerprint density at radius 3 is 2.76 bits per heavy atom. The van der Waals surface area contributed by atoms with Crippen LogP contribution >= 0.6 is 0 Å². The Kier molecular flexibility index (Phi) is 3.79. The van der Waals surface area contributed by atoms with Gasteiger partial charge in [0.05, 0.1) is 6.61 Å². The number of nitrogens with one attached hydrogen (secondary N) is 1. The van der Waals surface area contributed by atoms with Crippen LogP contribution in [0.4, 0.5) is 0 Å². The van der Waals surface area contributed by atoms with Gasteiger partial charge in [-0.15, -0.1) is 0 Å². The minimum atomic E-state index is -0.157. The maximum Gasteiger partial charge on any atom is 0.323 e. The lowest BCUT2D eigenvalue weighted by atomic mass is 9.95. The summed E-state index contributed by atoms with van der Waals surface area (Å²) in [4.78, 5) is 11.7. The fourth-order valence-corrected chi connectivity index (χ4v) is 2.45. The second kappa shape index (κ2) is 5.32. The molecule has 1 N–H and O–H groups in total. The van der Waals surface area contributed by atoms with Crippen LogP contribution in [0.2, 0.25) is 0 Å². The molecule has 92 valence electrons. The summed E-state index contributed by atoms with van der Waals surface area (Å²) < 4.78 is 5.06. The molecule has 3 heteroatoms. The van der Waals surface area contributed by atoms with Crippen molar-refractivity contribution in [2.75, 3.05) is 6.61 Å². The lowest BCUT2D eigenvalue weighted by Gasteiger charge is -2.16. The van der Waals surface area contributed by atoms with E-state index >= 15 is 0 Å². The van der Waals surface area contributed by atoms with E-state index in [0.29, 0.717) is 12.5 Å². The third-order valence-corrected chi connectivity index (χ3v) is 3.29. The average molecular weight is 233 g/mol. The molecule has 17 heavy (non-hydrogen) atoms. The molecule has 2 rings (SSSR count). The van der Waals surface area contributed by atoms with Gasteiger partial charge in [0.2, 0.25) is 0 Å². The molecule has 0 bridgehead atoms. The van der Waals surface area contributed by atoms with Crippen LogP contribution in [0.1, 0.15) is 31.9 Å². The lowest BCUT2D eigenvalue weighted by molar-refractivity contribution is -0.145. The Labute approximate surface area is 102 Å². The van der Waals surface area contributed by atoms with Crippen molar-refractivity contribution in [2.45, 2.75) is 32.4 Å². The highest BCUT2D eigenvalue weighted by Crippen LogP contribution is 2.32. The minimum absolute atomic E-state index is 0.127. The lowest BCUT2D eigenvalue weighted by Crippen LogP contribution is -2.33. The van der Waals surface area contributed by atoms with E-state index in [0.717, 1.165) is 6.42 Å². The van der Waals surface area contributed by atoms with Gasteiger partial charge in [-0.25, -0.2) is 0 Å².